The van der Waals surface area contributed by atoms with Crippen molar-refractivity contribution in [1.82, 2.24) is 5.32 Å². The maximum atomic E-state index is 12.0. The van der Waals surface area contributed by atoms with Crippen LogP contribution in [0.1, 0.15) is 5.56 Å². The van der Waals surface area contributed by atoms with Gasteiger partial charge in [-0.3, -0.25) is 4.79 Å². The molecule has 1 saturated heterocycles. The second-order valence-electron chi connectivity index (χ2n) is 4.68. The van der Waals surface area contributed by atoms with E-state index in [1.54, 1.807) is 0 Å². The van der Waals surface area contributed by atoms with E-state index in [2.05, 4.69) is 11.4 Å². The summed E-state index contributed by atoms with van der Waals surface area (Å²) in [6.07, 6.45) is 0.300. The van der Waals surface area contributed by atoms with Crippen LogP contribution in [-0.4, -0.2) is 38.4 Å². The summed E-state index contributed by atoms with van der Waals surface area (Å²) in [5.41, 5.74) is 0.978. The highest BCUT2D eigenvalue weighted by molar-refractivity contribution is 5.81. The summed E-state index contributed by atoms with van der Waals surface area (Å²) in [5, 5.41) is 11.9. The Morgan fingerprint density at radius 1 is 1.40 bits per heavy atom. The molecule has 0 aliphatic carbocycles. The molecule has 0 aromatic heterocycles. The van der Waals surface area contributed by atoms with Gasteiger partial charge in [-0.05, 0) is 12.0 Å². The Balaban J connectivity index is 1.81. The maximum absolute atomic E-state index is 12.0. The van der Waals surface area contributed by atoms with Gasteiger partial charge in [0.1, 0.15) is 5.92 Å². The van der Waals surface area contributed by atoms with E-state index < -0.39 is 5.92 Å². The number of ether oxygens (including phenoxy) is 2. The second kappa shape index (κ2) is 7.63. The van der Waals surface area contributed by atoms with Crippen LogP contribution in [0.25, 0.3) is 0 Å². The highest BCUT2D eigenvalue weighted by Crippen LogP contribution is 2.08. The Hall–Kier alpha value is -1.90. The smallest absolute Gasteiger partial charge is 0.237 e. The minimum Gasteiger partial charge on any atom is -0.376 e. The number of rotatable bonds is 5. The first-order valence-electron chi connectivity index (χ1n) is 6.70. The van der Waals surface area contributed by atoms with Crippen molar-refractivity contribution in [2.75, 3.05) is 26.4 Å². The van der Waals surface area contributed by atoms with Gasteiger partial charge < -0.3 is 14.8 Å². The summed E-state index contributed by atoms with van der Waals surface area (Å²) in [4.78, 5) is 12.0. The molecular weight excluding hydrogens is 256 g/mol. The van der Waals surface area contributed by atoms with Crippen molar-refractivity contribution in [3.05, 3.63) is 35.9 Å². The first-order chi connectivity index (χ1) is 9.79. The van der Waals surface area contributed by atoms with Gasteiger partial charge in [0, 0.05) is 6.54 Å². The highest BCUT2D eigenvalue weighted by Gasteiger charge is 2.21. The molecule has 1 aliphatic heterocycles. The van der Waals surface area contributed by atoms with Gasteiger partial charge in [0.2, 0.25) is 5.91 Å². The predicted molar refractivity (Wildman–Crippen MR) is 72.8 cm³/mol. The van der Waals surface area contributed by atoms with E-state index >= 15 is 0 Å². The second-order valence-corrected chi connectivity index (χ2v) is 4.68. The van der Waals surface area contributed by atoms with Gasteiger partial charge in [-0.2, -0.15) is 5.26 Å². The molecule has 0 spiro atoms. The van der Waals surface area contributed by atoms with Crippen LogP contribution in [0.5, 0.6) is 0 Å². The number of carbonyl (C=O) groups is 1. The molecule has 2 unspecified atom stereocenters. The third-order valence-corrected chi connectivity index (χ3v) is 3.14. The van der Waals surface area contributed by atoms with E-state index in [4.69, 9.17) is 14.7 Å². The van der Waals surface area contributed by atoms with E-state index in [1.165, 1.54) is 0 Å². The molecule has 2 rings (SSSR count). The van der Waals surface area contributed by atoms with Crippen LogP contribution in [0.15, 0.2) is 30.3 Å². The molecule has 0 radical (unpaired) electrons. The highest BCUT2D eigenvalue weighted by atomic mass is 16.6. The molecular formula is C15H18N2O3. The molecule has 1 fully saturated rings. The molecule has 106 valence electrons. The zero-order valence-corrected chi connectivity index (χ0v) is 11.2. The molecule has 1 aromatic rings. The fraction of sp³-hybridized carbons (Fsp3) is 0.467. The minimum absolute atomic E-state index is 0.122. The van der Waals surface area contributed by atoms with Crippen molar-refractivity contribution in [3.63, 3.8) is 0 Å². The first-order valence-corrected chi connectivity index (χ1v) is 6.70. The monoisotopic (exact) mass is 274 g/mol. The van der Waals surface area contributed by atoms with E-state index in [0.717, 1.165) is 5.56 Å². The Bertz CT molecular complexity index is 464. The third-order valence-electron chi connectivity index (χ3n) is 3.14. The van der Waals surface area contributed by atoms with E-state index in [1.807, 2.05) is 30.3 Å². The van der Waals surface area contributed by atoms with Gasteiger partial charge in [0.25, 0.3) is 0 Å². The summed E-state index contributed by atoms with van der Waals surface area (Å²) in [6, 6.07) is 11.6. The number of nitrogens with zero attached hydrogens (tertiary/aromatic N) is 1. The van der Waals surface area contributed by atoms with Crippen molar-refractivity contribution in [2.24, 2.45) is 5.92 Å². The predicted octanol–water partition coefficient (Wildman–Crippen LogP) is 0.900. The van der Waals surface area contributed by atoms with Crippen LogP contribution in [0.3, 0.4) is 0 Å². The van der Waals surface area contributed by atoms with Crippen LogP contribution >= 0.6 is 0 Å². The Morgan fingerprint density at radius 3 is 2.85 bits per heavy atom. The number of amides is 1. The van der Waals surface area contributed by atoms with E-state index in [-0.39, 0.29) is 12.0 Å². The molecule has 5 nitrogen and oxygen atoms in total. The molecule has 1 N–H and O–H groups in total. The fourth-order valence-corrected chi connectivity index (χ4v) is 2.04. The number of hydrogen-bond acceptors (Lipinski definition) is 4. The zero-order valence-electron chi connectivity index (χ0n) is 11.2. The van der Waals surface area contributed by atoms with Crippen molar-refractivity contribution in [2.45, 2.75) is 12.5 Å². The number of hydrogen-bond donors (Lipinski definition) is 1. The van der Waals surface area contributed by atoms with E-state index in [9.17, 15) is 4.79 Å². The maximum Gasteiger partial charge on any atom is 0.237 e. The summed E-state index contributed by atoms with van der Waals surface area (Å²) in [5.74, 6) is -0.938. The van der Waals surface area contributed by atoms with Gasteiger partial charge in [0.15, 0.2) is 0 Å². The van der Waals surface area contributed by atoms with E-state index in [0.29, 0.717) is 32.8 Å². The Kier molecular flexibility index (Phi) is 5.54. The summed E-state index contributed by atoms with van der Waals surface area (Å²) >= 11 is 0. The normalized spacial score (nSPS) is 19.9. The lowest BCUT2D eigenvalue weighted by molar-refractivity contribution is -0.126. The SMILES string of the molecule is N#CC(Cc1ccccc1)C(=O)NCC1COCCO1. The zero-order chi connectivity index (χ0) is 14.2. The average Bonchev–Trinajstić information content (AvgIpc) is 2.52. The molecule has 0 saturated carbocycles. The molecule has 0 bridgehead atoms. The van der Waals surface area contributed by atoms with Gasteiger partial charge in [0.05, 0.1) is 32.0 Å². The molecule has 2 atom stereocenters. The largest absolute Gasteiger partial charge is 0.376 e. The fourth-order valence-electron chi connectivity index (χ4n) is 2.04. The van der Waals surface area contributed by atoms with Crippen LogP contribution in [-0.2, 0) is 20.7 Å². The van der Waals surface area contributed by atoms with Crippen LogP contribution in [0, 0.1) is 17.2 Å². The first kappa shape index (κ1) is 14.5. The minimum atomic E-state index is -0.679. The van der Waals surface area contributed by atoms with Crippen molar-refractivity contribution in [3.8, 4) is 6.07 Å². The number of benzene rings is 1. The lowest BCUT2D eigenvalue weighted by atomic mass is 10.00. The molecule has 20 heavy (non-hydrogen) atoms. The Morgan fingerprint density at radius 2 is 2.20 bits per heavy atom. The Labute approximate surface area is 118 Å². The van der Waals surface area contributed by atoms with Crippen molar-refractivity contribution < 1.29 is 14.3 Å². The summed E-state index contributed by atoms with van der Waals surface area (Å²) in [7, 11) is 0. The quantitative estimate of drug-likeness (QED) is 0.866. The molecule has 5 heteroatoms. The van der Waals surface area contributed by atoms with Crippen molar-refractivity contribution >= 4 is 5.91 Å². The van der Waals surface area contributed by atoms with Crippen LogP contribution < -0.4 is 5.32 Å². The molecule has 1 amide bonds. The number of nitriles is 1. The van der Waals surface area contributed by atoms with Gasteiger partial charge in [-0.1, -0.05) is 30.3 Å². The van der Waals surface area contributed by atoms with Crippen molar-refractivity contribution in [1.29, 1.82) is 5.26 Å². The molecule has 1 aromatic carbocycles. The molecule has 1 aliphatic rings. The van der Waals surface area contributed by atoms with Crippen LogP contribution in [0.4, 0.5) is 0 Å². The average molecular weight is 274 g/mol. The van der Waals surface area contributed by atoms with Crippen LogP contribution in [0.2, 0.25) is 0 Å². The number of nitrogens with one attached hydrogen (secondary N) is 1. The standard InChI is InChI=1S/C15H18N2O3/c16-9-13(8-12-4-2-1-3-5-12)15(18)17-10-14-11-19-6-7-20-14/h1-5,13-14H,6-8,10-11H2,(H,17,18). The van der Waals surface area contributed by atoms with Gasteiger partial charge in [-0.15, -0.1) is 0 Å². The topological polar surface area (TPSA) is 71.4 Å². The lowest BCUT2D eigenvalue weighted by Crippen LogP contribution is -2.41. The number of carbonyl (C=O) groups excluding carboxylic acids is 1. The molecule has 1 heterocycles. The summed E-state index contributed by atoms with van der Waals surface area (Å²) < 4.78 is 10.7. The summed E-state index contributed by atoms with van der Waals surface area (Å²) in [6.45, 7) is 2.01. The van der Waals surface area contributed by atoms with Gasteiger partial charge in [-0.25, -0.2) is 0 Å². The van der Waals surface area contributed by atoms with Gasteiger partial charge >= 0.3 is 0 Å². The third kappa shape index (κ3) is 4.34. The lowest BCUT2D eigenvalue weighted by Gasteiger charge is -2.23.